The quantitative estimate of drug-likeness (QED) is 0.800. The summed E-state index contributed by atoms with van der Waals surface area (Å²) in [5.41, 5.74) is 3.90. The van der Waals surface area contributed by atoms with Crippen molar-refractivity contribution in [3.05, 3.63) is 47.3 Å². The Morgan fingerprint density at radius 1 is 1.29 bits per heavy atom. The lowest BCUT2D eigenvalue weighted by molar-refractivity contribution is -0.114. The Kier molecular flexibility index (Phi) is 5.82. The Morgan fingerprint density at radius 3 is 2.77 bits per heavy atom. The number of rotatable bonds is 4. The number of anilines is 1. The molecule has 1 saturated heterocycles. The number of aliphatic imine (C=N–C) groups is 2. The van der Waals surface area contributed by atoms with Crippen LogP contribution in [0.5, 0.6) is 0 Å². The van der Waals surface area contributed by atoms with Gasteiger partial charge in [-0.3, -0.25) is 19.5 Å². The van der Waals surface area contributed by atoms with Gasteiger partial charge in [0.2, 0.25) is 0 Å². The largest absolute Gasteiger partial charge is 0.365 e. The first-order valence-corrected chi connectivity index (χ1v) is 10.6. The zero-order valence-electron chi connectivity index (χ0n) is 18.4. The first kappa shape index (κ1) is 21.1. The lowest BCUT2D eigenvalue weighted by Gasteiger charge is -2.44. The first-order chi connectivity index (χ1) is 14.9. The summed E-state index contributed by atoms with van der Waals surface area (Å²) in [6, 6.07) is 4.04. The molecule has 8 heteroatoms. The van der Waals surface area contributed by atoms with Crippen LogP contribution in [0, 0.1) is 0 Å². The maximum absolute atomic E-state index is 11.9. The van der Waals surface area contributed by atoms with Crippen LogP contribution >= 0.6 is 0 Å². The van der Waals surface area contributed by atoms with Gasteiger partial charge in [0.05, 0.1) is 17.6 Å². The number of carbonyl (C=O) groups excluding carboxylic acids is 2. The highest BCUT2D eigenvalue weighted by molar-refractivity contribution is 6.16. The third-order valence-electron chi connectivity index (χ3n) is 6.21. The Labute approximate surface area is 182 Å². The van der Waals surface area contributed by atoms with E-state index in [1.165, 1.54) is 0 Å². The average molecular weight is 421 g/mol. The number of nitrogens with one attached hydrogen (secondary N) is 1. The Hall–Kier alpha value is -3.13. The van der Waals surface area contributed by atoms with Crippen molar-refractivity contribution >= 4 is 29.4 Å². The van der Waals surface area contributed by atoms with E-state index >= 15 is 0 Å². The maximum atomic E-state index is 11.9. The molecule has 162 valence electrons. The third kappa shape index (κ3) is 4.20. The molecule has 0 bridgehead atoms. The SMILES string of the molecule is CNC(=O)c1ccc(N2CCN([C@H](C)C3=CC4=NC(=O)C(C)=CC4N=C3)C[C@H]2C)cn1. The van der Waals surface area contributed by atoms with Crippen LogP contribution in [0.4, 0.5) is 5.69 Å². The lowest BCUT2D eigenvalue weighted by atomic mass is 9.96. The Bertz CT molecular complexity index is 1010. The van der Waals surface area contributed by atoms with Crippen LogP contribution < -0.4 is 10.2 Å². The van der Waals surface area contributed by atoms with E-state index in [0.29, 0.717) is 11.3 Å². The van der Waals surface area contributed by atoms with Crippen LogP contribution in [0.15, 0.2) is 51.6 Å². The van der Waals surface area contributed by atoms with E-state index in [4.69, 9.17) is 0 Å². The van der Waals surface area contributed by atoms with Crippen molar-refractivity contribution in [3.8, 4) is 0 Å². The second kappa shape index (κ2) is 8.55. The van der Waals surface area contributed by atoms with Crippen molar-refractivity contribution in [1.82, 2.24) is 15.2 Å². The number of aromatic nitrogens is 1. The highest BCUT2D eigenvalue weighted by Crippen LogP contribution is 2.24. The van der Waals surface area contributed by atoms with Gasteiger partial charge in [0, 0.05) is 50.6 Å². The molecule has 3 aliphatic heterocycles. The van der Waals surface area contributed by atoms with E-state index in [-0.39, 0.29) is 29.9 Å². The molecule has 0 aliphatic carbocycles. The summed E-state index contributed by atoms with van der Waals surface area (Å²) in [6.45, 7) is 8.79. The number of piperazine rings is 1. The fraction of sp³-hybridized carbons (Fsp3) is 0.435. The number of hydrogen-bond acceptors (Lipinski definition) is 6. The van der Waals surface area contributed by atoms with Crippen LogP contribution in [0.3, 0.4) is 0 Å². The molecule has 2 amide bonds. The molecule has 4 rings (SSSR count). The van der Waals surface area contributed by atoms with E-state index in [9.17, 15) is 9.59 Å². The Morgan fingerprint density at radius 2 is 2.10 bits per heavy atom. The minimum absolute atomic E-state index is 0.144. The smallest absolute Gasteiger partial charge is 0.272 e. The summed E-state index contributed by atoms with van der Waals surface area (Å²) < 4.78 is 0. The predicted molar refractivity (Wildman–Crippen MR) is 122 cm³/mol. The summed E-state index contributed by atoms with van der Waals surface area (Å²) in [5.74, 6) is -0.359. The fourth-order valence-electron chi connectivity index (χ4n) is 4.26. The molecule has 1 unspecified atom stereocenters. The summed E-state index contributed by atoms with van der Waals surface area (Å²) in [7, 11) is 1.60. The second-order valence-corrected chi connectivity index (χ2v) is 8.25. The molecule has 0 radical (unpaired) electrons. The molecule has 0 aromatic carbocycles. The molecule has 0 spiro atoms. The van der Waals surface area contributed by atoms with Gasteiger partial charge in [0.1, 0.15) is 11.7 Å². The molecule has 3 atom stereocenters. The molecular formula is C23H28N6O2. The zero-order valence-corrected chi connectivity index (χ0v) is 18.4. The van der Waals surface area contributed by atoms with E-state index in [1.807, 2.05) is 24.4 Å². The Balaban J connectivity index is 1.42. The third-order valence-corrected chi connectivity index (χ3v) is 6.21. The van der Waals surface area contributed by atoms with Crippen LogP contribution in [0.1, 0.15) is 31.3 Å². The average Bonchev–Trinajstić information content (AvgIpc) is 2.78. The van der Waals surface area contributed by atoms with Gasteiger partial charge >= 0.3 is 0 Å². The number of nitrogens with zero attached hydrogens (tertiary/aromatic N) is 5. The summed E-state index contributed by atoms with van der Waals surface area (Å²) in [4.78, 5) is 41.5. The minimum atomic E-state index is -0.183. The van der Waals surface area contributed by atoms with E-state index in [1.54, 1.807) is 26.2 Å². The van der Waals surface area contributed by atoms with Gasteiger partial charge in [-0.2, -0.15) is 0 Å². The number of amides is 2. The number of pyridine rings is 1. The molecular weight excluding hydrogens is 392 g/mol. The van der Waals surface area contributed by atoms with Crippen LogP contribution in [-0.4, -0.2) is 78.4 Å². The number of carbonyl (C=O) groups is 2. The van der Waals surface area contributed by atoms with Crippen molar-refractivity contribution < 1.29 is 9.59 Å². The van der Waals surface area contributed by atoms with E-state index in [0.717, 1.165) is 36.6 Å². The molecule has 4 heterocycles. The van der Waals surface area contributed by atoms with Gasteiger partial charge in [-0.15, -0.1) is 0 Å². The van der Waals surface area contributed by atoms with Crippen LogP contribution in [-0.2, 0) is 4.79 Å². The van der Waals surface area contributed by atoms with E-state index < -0.39 is 0 Å². The molecule has 1 aromatic rings. The van der Waals surface area contributed by atoms with Crippen molar-refractivity contribution in [2.45, 2.75) is 38.9 Å². The van der Waals surface area contributed by atoms with Crippen molar-refractivity contribution in [2.24, 2.45) is 9.98 Å². The highest BCUT2D eigenvalue weighted by Gasteiger charge is 2.30. The van der Waals surface area contributed by atoms with Crippen molar-refractivity contribution in [2.75, 3.05) is 31.6 Å². The monoisotopic (exact) mass is 420 g/mol. The lowest BCUT2D eigenvalue weighted by Crippen LogP contribution is -2.55. The molecule has 3 aliphatic rings. The first-order valence-electron chi connectivity index (χ1n) is 10.6. The fourth-order valence-corrected chi connectivity index (χ4v) is 4.26. The molecule has 8 nitrogen and oxygen atoms in total. The highest BCUT2D eigenvalue weighted by atomic mass is 16.2. The van der Waals surface area contributed by atoms with Gasteiger partial charge in [-0.25, -0.2) is 9.98 Å². The normalized spacial score (nSPS) is 24.7. The minimum Gasteiger partial charge on any atom is -0.365 e. The van der Waals surface area contributed by atoms with Gasteiger partial charge < -0.3 is 10.2 Å². The van der Waals surface area contributed by atoms with Crippen molar-refractivity contribution in [1.29, 1.82) is 0 Å². The van der Waals surface area contributed by atoms with E-state index in [2.05, 4.69) is 43.9 Å². The molecule has 1 fully saturated rings. The topological polar surface area (TPSA) is 90.3 Å². The van der Waals surface area contributed by atoms with Gasteiger partial charge in [0.25, 0.3) is 11.8 Å². The summed E-state index contributed by atoms with van der Waals surface area (Å²) in [5, 5.41) is 2.59. The van der Waals surface area contributed by atoms with Crippen molar-refractivity contribution in [3.63, 3.8) is 0 Å². The van der Waals surface area contributed by atoms with Gasteiger partial charge in [-0.1, -0.05) is 0 Å². The number of fused-ring (bicyclic) bond motifs is 1. The molecule has 31 heavy (non-hydrogen) atoms. The second-order valence-electron chi connectivity index (χ2n) is 8.25. The number of dihydropyridines is 2. The number of hydrogen-bond donors (Lipinski definition) is 1. The van der Waals surface area contributed by atoms with Crippen LogP contribution in [0.25, 0.3) is 0 Å². The summed E-state index contributed by atoms with van der Waals surface area (Å²) >= 11 is 0. The maximum Gasteiger partial charge on any atom is 0.272 e. The molecule has 1 aromatic heterocycles. The standard InChI is InChI=1S/C23H28N6O2/c1-14-9-20-21(27-22(14)30)10-17(11-25-20)16(3)28-7-8-29(15(2)13-28)18-5-6-19(26-12-18)23(31)24-4/h5-6,9-12,15-16,20H,7-8,13H2,1-4H3,(H,24,31)/t15-,16-,20?/m1/s1. The molecule has 0 saturated carbocycles. The van der Waals surface area contributed by atoms with Gasteiger partial charge in [-0.05, 0) is 50.6 Å². The zero-order chi connectivity index (χ0) is 22.1. The van der Waals surface area contributed by atoms with Crippen LogP contribution in [0.2, 0.25) is 0 Å². The van der Waals surface area contributed by atoms with Gasteiger partial charge in [0.15, 0.2) is 0 Å². The molecule has 1 N–H and O–H groups in total. The summed E-state index contributed by atoms with van der Waals surface area (Å²) in [6.07, 6.45) is 7.59. The predicted octanol–water partition coefficient (Wildman–Crippen LogP) is 1.65.